The van der Waals surface area contributed by atoms with Gasteiger partial charge in [0, 0.05) is 4.90 Å². The number of carboxylic acid groups (broad SMARTS) is 2. The van der Waals surface area contributed by atoms with Crippen LogP contribution in [0.5, 0.6) is 0 Å². The molecule has 0 heterocycles. The largest absolute Gasteiger partial charge is 0.549 e. The Hall–Kier alpha value is -1.53. The Morgan fingerprint density at radius 2 is 1.69 bits per heavy atom. The van der Waals surface area contributed by atoms with Crippen molar-refractivity contribution < 1.29 is 19.8 Å². The third-order valence-electron chi connectivity index (χ3n) is 1.84. The van der Waals surface area contributed by atoms with Gasteiger partial charge in [-0.1, -0.05) is 18.2 Å². The van der Waals surface area contributed by atoms with Crippen molar-refractivity contribution in [1.29, 1.82) is 0 Å². The molecule has 1 aromatic carbocycles. The van der Waals surface area contributed by atoms with Crippen LogP contribution in [0.25, 0.3) is 0 Å². The Morgan fingerprint density at radius 3 is 2.12 bits per heavy atom. The average Bonchev–Trinajstić information content (AvgIpc) is 2.26. The molecule has 1 aromatic rings. The van der Waals surface area contributed by atoms with Gasteiger partial charge < -0.3 is 25.5 Å². The zero-order chi connectivity index (χ0) is 12.1. The maximum Gasteiger partial charge on any atom is 0.0695 e. The molecule has 1 rings (SSSR count). The minimum atomic E-state index is -1.61. The van der Waals surface area contributed by atoms with Crippen molar-refractivity contribution in [2.75, 3.05) is 0 Å². The number of hydrogen-bond acceptors (Lipinski definition) is 6. The lowest BCUT2D eigenvalue weighted by molar-refractivity contribution is -0.315. The molecule has 0 saturated heterocycles. The maximum atomic E-state index is 10.7. The summed E-state index contributed by atoms with van der Waals surface area (Å²) in [4.78, 5) is 21.8. The molecule has 0 bridgehead atoms. The van der Waals surface area contributed by atoms with E-state index in [1.807, 2.05) is 0 Å². The molecule has 2 atom stereocenters. The van der Waals surface area contributed by atoms with Crippen molar-refractivity contribution in [1.82, 2.24) is 0 Å². The summed E-state index contributed by atoms with van der Waals surface area (Å²) in [6.45, 7) is 0. The van der Waals surface area contributed by atoms with E-state index in [1.165, 1.54) is 0 Å². The van der Waals surface area contributed by atoms with Crippen LogP contribution in [0, 0.1) is 0 Å². The van der Waals surface area contributed by atoms with Gasteiger partial charge in [-0.2, -0.15) is 0 Å². The number of rotatable bonds is 5. The lowest BCUT2D eigenvalue weighted by Gasteiger charge is -2.24. The van der Waals surface area contributed by atoms with Crippen molar-refractivity contribution in [2.24, 2.45) is 5.73 Å². The number of carbonyl (C=O) groups excluding carboxylic acids is 2. The molecule has 0 aromatic heterocycles. The summed E-state index contributed by atoms with van der Waals surface area (Å²) in [5.74, 6) is -3.14. The van der Waals surface area contributed by atoms with Crippen LogP contribution in [-0.4, -0.2) is 23.2 Å². The standard InChI is InChI=1S/C10H11NO4S/c11-7(9(12)13)8(10(14)15)16-6-4-2-1-3-5-6/h1-5,7-8H,11H2,(H,12,13)(H,14,15)/p-2. The summed E-state index contributed by atoms with van der Waals surface area (Å²) in [5, 5.41) is 19.9. The van der Waals surface area contributed by atoms with Gasteiger partial charge in [-0.05, 0) is 12.1 Å². The Labute approximate surface area is 96.3 Å². The summed E-state index contributed by atoms with van der Waals surface area (Å²) >= 11 is 0.825. The molecular weight excluding hydrogens is 230 g/mol. The second-order valence-corrected chi connectivity index (χ2v) is 4.23. The Bertz CT molecular complexity index is 382. The summed E-state index contributed by atoms with van der Waals surface area (Å²) in [6.07, 6.45) is 0. The van der Waals surface area contributed by atoms with E-state index in [9.17, 15) is 19.8 Å². The summed E-state index contributed by atoms with van der Waals surface area (Å²) in [6, 6.07) is 6.88. The Kier molecular flexibility index (Phi) is 4.33. The minimum Gasteiger partial charge on any atom is -0.549 e. The second kappa shape index (κ2) is 5.53. The molecular formula is C10H9NO4S-2. The summed E-state index contributed by atoms with van der Waals surface area (Å²) in [5.41, 5.74) is 5.21. The fourth-order valence-corrected chi connectivity index (χ4v) is 2.00. The smallest absolute Gasteiger partial charge is 0.0695 e. The normalized spacial score (nSPS) is 14.1. The van der Waals surface area contributed by atoms with E-state index in [2.05, 4.69) is 0 Å². The van der Waals surface area contributed by atoms with Gasteiger partial charge in [0.2, 0.25) is 0 Å². The molecule has 0 radical (unpaired) electrons. The van der Waals surface area contributed by atoms with Gasteiger partial charge in [-0.3, -0.25) is 0 Å². The summed E-state index contributed by atoms with van der Waals surface area (Å²) < 4.78 is 0. The number of thioether (sulfide) groups is 1. The van der Waals surface area contributed by atoms with Crippen LogP contribution in [0.3, 0.4) is 0 Å². The molecule has 16 heavy (non-hydrogen) atoms. The maximum absolute atomic E-state index is 10.7. The number of nitrogens with two attached hydrogens (primary N) is 1. The highest BCUT2D eigenvalue weighted by atomic mass is 32.2. The molecule has 5 nitrogen and oxygen atoms in total. The van der Waals surface area contributed by atoms with E-state index in [0.29, 0.717) is 4.90 Å². The van der Waals surface area contributed by atoms with Crippen LogP contribution in [0.4, 0.5) is 0 Å². The first kappa shape index (κ1) is 12.5. The molecule has 0 amide bonds. The number of carboxylic acids is 2. The lowest BCUT2D eigenvalue weighted by Crippen LogP contribution is -2.54. The Morgan fingerprint density at radius 1 is 1.12 bits per heavy atom. The molecule has 0 saturated carbocycles. The third-order valence-corrected chi connectivity index (χ3v) is 3.12. The van der Waals surface area contributed by atoms with Crippen LogP contribution < -0.4 is 15.9 Å². The first-order valence-corrected chi connectivity index (χ1v) is 5.29. The van der Waals surface area contributed by atoms with Crippen molar-refractivity contribution in [3.05, 3.63) is 30.3 Å². The highest BCUT2D eigenvalue weighted by Crippen LogP contribution is 2.24. The van der Waals surface area contributed by atoms with E-state index in [-0.39, 0.29) is 0 Å². The predicted molar refractivity (Wildman–Crippen MR) is 54.1 cm³/mol. The average molecular weight is 239 g/mol. The van der Waals surface area contributed by atoms with Crippen molar-refractivity contribution >= 4 is 23.7 Å². The third kappa shape index (κ3) is 3.25. The first-order valence-electron chi connectivity index (χ1n) is 4.41. The van der Waals surface area contributed by atoms with E-state index in [0.717, 1.165) is 11.8 Å². The molecule has 86 valence electrons. The van der Waals surface area contributed by atoms with Crippen LogP contribution in [0.2, 0.25) is 0 Å². The van der Waals surface area contributed by atoms with Crippen molar-refractivity contribution in [3.8, 4) is 0 Å². The molecule has 0 spiro atoms. The van der Waals surface area contributed by atoms with Crippen LogP contribution in [0.15, 0.2) is 35.2 Å². The van der Waals surface area contributed by atoms with Crippen LogP contribution >= 0.6 is 11.8 Å². The van der Waals surface area contributed by atoms with Crippen molar-refractivity contribution in [2.45, 2.75) is 16.2 Å². The van der Waals surface area contributed by atoms with E-state index in [1.54, 1.807) is 30.3 Å². The predicted octanol–water partition coefficient (Wildman–Crippen LogP) is -2.03. The number of carbonyl (C=O) groups is 2. The van der Waals surface area contributed by atoms with Gasteiger partial charge >= 0.3 is 0 Å². The number of hydrogen-bond donors (Lipinski definition) is 1. The quantitative estimate of drug-likeness (QED) is 0.594. The van der Waals surface area contributed by atoms with E-state index in [4.69, 9.17) is 5.73 Å². The van der Waals surface area contributed by atoms with Gasteiger partial charge in [0.05, 0.1) is 23.2 Å². The minimum absolute atomic E-state index is 0.605. The fraction of sp³-hybridized carbons (Fsp3) is 0.200. The fourth-order valence-electron chi connectivity index (χ4n) is 1.04. The zero-order valence-electron chi connectivity index (χ0n) is 8.16. The molecule has 2 N–H and O–H groups in total. The number of benzene rings is 1. The molecule has 0 fully saturated rings. The topological polar surface area (TPSA) is 106 Å². The lowest BCUT2D eigenvalue weighted by atomic mass is 10.2. The van der Waals surface area contributed by atoms with Gasteiger partial charge in [-0.25, -0.2) is 0 Å². The van der Waals surface area contributed by atoms with Crippen LogP contribution in [0.1, 0.15) is 0 Å². The highest BCUT2D eigenvalue weighted by molar-refractivity contribution is 8.00. The van der Waals surface area contributed by atoms with E-state index >= 15 is 0 Å². The van der Waals surface area contributed by atoms with Gasteiger partial charge in [0.1, 0.15) is 0 Å². The SMILES string of the molecule is NC(C(=O)[O-])C(Sc1ccccc1)C(=O)[O-]. The summed E-state index contributed by atoms with van der Waals surface area (Å²) in [7, 11) is 0. The second-order valence-electron chi connectivity index (χ2n) is 3.02. The van der Waals surface area contributed by atoms with Gasteiger partial charge in [0.25, 0.3) is 0 Å². The van der Waals surface area contributed by atoms with E-state index < -0.39 is 23.2 Å². The molecule has 0 aliphatic rings. The zero-order valence-corrected chi connectivity index (χ0v) is 8.98. The molecule has 0 aliphatic carbocycles. The first-order chi connectivity index (χ1) is 7.52. The molecule has 6 heteroatoms. The van der Waals surface area contributed by atoms with Crippen LogP contribution in [-0.2, 0) is 9.59 Å². The van der Waals surface area contributed by atoms with Gasteiger partial charge in [-0.15, -0.1) is 11.8 Å². The number of aliphatic carboxylic acids is 2. The molecule has 0 aliphatic heterocycles. The van der Waals surface area contributed by atoms with Gasteiger partial charge in [0.15, 0.2) is 0 Å². The monoisotopic (exact) mass is 239 g/mol. The molecule has 2 unspecified atom stereocenters. The highest BCUT2D eigenvalue weighted by Gasteiger charge is 2.21. The Balaban J connectivity index is 2.81. The van der Waals surface area contributed by atoms with Crippen molar-refractivity contribution in [3.63, 3.8) is 0 Å².